The highest BCUT2D eigenvalue weighted by molar-refractivity contribution is 6.13. The van der Waals surface area contributed by atoms with Crippen molar-refractivity contribution in [1.29, 1.82) is 0 Å². The fourth-order valence-electron chi connectivity index (χ4n) is 4.80. The Bertz CT molecular complexity index is 1720. The predicted octanol–water partition coefficient (Wildman–Crippen LogP) is 4.58. The number of esters is 1. The Morgan fingerprint density at radius 1 is 1.05 bits per heavy atom. The third-order valence-corrected chi connectivity index (χ3v) is 6.86. The van der Waals surface area contributed by atoms with Gasteiger partial charge in [0.15, 0.2) is 0 Å². The summed E-state index contributed by atoms with van der Waals surface area (Å²) in [6.07, 6.45) is -6.70. The second-order valence-electron chi connectivity index (χ2n) is 10.0. The number of ether oxygens (including phenoxy) is 2. The number of hydrogen-bond donors (Lipinski definition) is 2. The Kier molecular flexibility index (Phi) is 7.48. The number of rotatable bonds is 8. The second-order valence-corrected chi connectivity index (χ2v) is 10.0. The fraction of sp³-hybridized carbons (Fsp3) is 0.241. The summed E-state index contributed by atoms with van der Waals surface area (Å²) in [5, 5.41) is 9.35. The quantitative estimate of drug-likeness (QED) is 0.283. The summed E-state index contributed by atoms with van der Waals surface area (Å²) in [5.74, 6) is -2.95. The average molecular weight is 598 g/mol. The molecule has 1 aliphatic heterocycles. The maximum absolute atomic E-state index is 14.0. The molecule has 0 saturated heterocycles. The molecule has 0 radical (unpaired) electrons. The van der Waals surface area contributed by atoms with Gasteiger partial charge in [0.25, 0.3) is 5.91 Å². The number of anilines is 2. The minimum Gasteiger partial charge on any atom is -0.492 e. The van der Waals surface area contributed by atoms with E-state index in [-0.39, 0.29) is 39.4 Å². The summed E-state index contributed by atoms with van der Waals surface area (Å²) >= 11 is 0. The van der Waals surface area contributed by atoms with Crippen molar-refractivity contribution in [1.82, 2.24) is 14.9 Å². The third-order valence-electron chi connectivity index (χ3n) is 6.86. The maximum Gasteiger partial charge on any atom is 0.491 e. The molecule has 4 aromatic rings. The van der Waals surface area contributed by atoms with Crippen LogP contribution in [0.25, 0.3) is 11.0 Å². The number of carbonyl (C=O) groups is 3. The van der Waals surface area contributed by atoms with Gasteiger partial charge in [-0.2, -0.15) is 13.2 Å². The third kappa shape index (κ3) is 5.32. The molecule has 14 heteroatoms. The van der Waals surface area contributed by atoms with Crippen LogP contribution in [0.5, 0.6) is 5.75 Å². The van der Waals surface area contributed by atoms with E-state index in [4.69, 9.17) is 9.47 Å². The van der Waals surface area contributed by atoms with Crippen LogP contribution in [0.1, 0.15) is 21.5 Å². The van der Waals surface area contributed by atoms with Crippen LogP contribution in [0, 0.1) is 0 Å². The lowest BCUT2D eigenvalue weighted by molar-refractivity contribution is -0.211. The number of hydrogen-bond acceptors (Lipinski definition) is 7. The summed E-state index contributed by atoms with van der Waals surface area (Å²) in [7, 11) is 4.99. The van der Waals surface area contributed by atoms with Crippen molar-refractivity contribution >= 4 is 40.6 Å². The van der Waals surface area contributed by atoms with E-state index in [1.807, 2.05) is 19.0 Å². The molecule has 224 valence electrons. The van der Waals surface area contributed by atoms with Crippen LogP contribution < -0.4 is 14.5 Å². The topological polar surface area (TPSA) is 128 Å². The Morgan fingerprint density at radius 3 is 2.49 bits per heavy atom. The molecule has 3 aromatic carbocycles. The van der Waals surface area contributed by atoms with Crippen LogP contribution in [0.15, 0.2) is 66.7 Å². The molecular weight excluding hydrogens is 571 g/mol. The molecule has 11 nitrogen and oxygen atoms in total. The van der Waals surface area contributed by atoms with Gasteiger partial charge in [-0.3, -0.25) is 14.6 Å². The number of halogens is 3. The highest BCUT2D eigenvalue weighted by atomic mass is 19.4. The number of aromatic nitrogens is 2. The van der Waals surface area contributed by atoms with Gasteiger partial charge in [-0.05, 0) is 44.4 Å². The summed E-state index contributed by atoms with van der Waals surface area (Å²) < 4.78 is 52.6. The number of nitrogens with zero attached hydrogens (tertiary/aromatic N) is 4. The van der Waals surface area contributed by atoms with E-state index >= 15 is 0 Å². The van der Waals surface area contributed by atoms with Crippen molar-refractivity contribution in [3.63, 3.8) is 0 Å². The van der Waals surface area contributed by atoms with E-state index in [1.165, 1.54) is 55.6 Å². The lowest BCUT2D eigenvalue weighted by Crippen LogP contribution is -2.50. The van der Waals surface area contributed by atoms with Gasteiger partial charge in [0.2, 0.25) is 11.7 Å². The molecule has 43 heavy (non-hydrogen) atoms. The molecule has 2 heterocycles. The standard InChI is InChI=1S/C29H26F3N5O6/c1-35(2)13-14-42-19-8-6-7-18(16-19)37-24(38)20-9-4-5-10-21(20)28(37,43-25(39)29(30,31)32)17-11-12-22-23(15-17)34-26(33-22)36(3)27(40)41/h4-12,15-16H,13-14H2,1-3H3,(H,33,34)(H,40,41). The molecule has 0 saturated carbocycles. The molecule has 1 unspecified atom stereocenters. The number of likely N-dealkylation sites (N-methyl/N-ethyl adjacent to an activating group) is 1. The molecule has 5 rings (SSSR count). The number of carboxylic acid groups (broad SMARTS) is 1. The van der Waals surface area contributed by atoms with Crippen molar-refractivity contribution in [2.75, 3.05) is 44.1 Å². The predicted molar refractivity (Wildman–Crippen MR) is 149 cm³/mol. The molecule has 2 amide bonds. The molecule has 2 N–H and O–H groups in total. The Balaban J connectivity index is 1.73. The Morgan fingerprint density at radius 2 is 1.79 bits per heavy atom. The van der Waals surface area contributed by atoms with Crippen LogP contribution in [0.3, 0.4) is 0 Å². The van der Waals surface area contributed by atoms with Crippen LogP contribution in [-0.2, 0) is 15.3 Å². The van der Waals surface area contributed by atoms with E-state index in [1.54, 1.807) is 18.2 Å². The van der Waals surface area contributed by atoms with Crippen molar-refractivity contribution in [3.8, 4) is 5.75 Å². The van der Waals surface area contributed by atoms with Crippen LogP contribution in [0.4, 0.5) is 29.6 Å². The lowest BCUT2D eigenvalue weighted by atomic mass is 9.92. The molecule has 1 aromatic heterocycles. The highest BCUT2D eigenvalue weighted by Crippen LogP contribution is 2.49. The number of benzene rings is 3. The van der Waals surface area contributed by atoms with Crippen molar-refractivity contribution in [2.45, 2.75) is 11.9 Å². The van der Waals surface area contributed by atoms with E-state index < -0.39 is 29.9 Å². The Hall–Kier alpha value is -5.11. The van der Waals surface area contributed by atoms with Gasteiger partial charge >= 0.3 is 18.2 Å². The molecule has 0 bridgehead atoms. The highest BCUT2D eigenvalue weighted by Gasteiger charge is 2.58. The number of amides is 2. The normalized spacial score (nSPS) is 16.4. The number of fused-ring (bicyclic) bond motifs is 2. The number of imidazole rings is 1. The zero-order valence-corrected chi connectivity index (χ0v) is 23.2. The number of H-pyrrole nitrogens is 1. The number of nitrogens with one attached hydrogen (secondary N) is 1. The molecule has 1 aliphatic rings. The van der Waals surface area contributed by atoms with E-state index in [9.17, 15) is 32.7 Å². The zero-order valence-electron chi connectivity index (χ0n) is 23.2. The summed E-state index contributed by atoms with van der Waals surface area (Å²) in [6.45, 7) is 0.872. The van der Waals surface area contributed by atoms with Gasteiger partial charge in [0, 0.05) is 36.3 Å². The summed E-state index contributed by atoms with van der Waals surface area (Å²) in [6, 6.07) is 16.2. The Labute approximate surface area is 243 Å². The lowest BCUT2D eigenvalue weighted by Gasteiger charge is -2.39. The van der Waals surface area contributed by atoms with Gasteiger partial charge in [-0.25, -0.2) is 14.6 Å². The zero-order chi connectivity index (χ0) is 31.1. The first kappa shape index (κ1) is 29.4. The molecule has 0 spiro atoms. The first-order chi connectivity index (χ1) is 20.3. The maximum atomic E-state index is 14.0. The minimum atomic E-state index is -5.40. The van der Waals surface area contributed by atoms with Gasteiger partial charge in [-0.15, -0.1) is 0 Å². The van der Waals surface area contributed by atoms with Gasteiger partial charge in [-0.1, -0.05) is 30.3 Å². The second kappa shape index (κ2) is 10.9. The first-order valence-electron chi connectivity index (χ1n) is 12.9. The minimum absolute atomic E-state index is 0.00160. The SMILES string of the molecule is CN(C)CCOc1cccc(N2C(=O)c3ccccc3C2(OC(=O)C(F)(F)F)c2ccc3nc(N(C)C(=O)O)[nH]c3c2)c1. The number of carbonyl (C=O) groups excluding carboxylic acids is 2. The summed E-state index contributed by atoms with van der Waals surface area (Å²) in [4.78, 5) is 48.8. The molecule has 0 fully saturated rings. The van der Waals surface area contributed by atoms with Crippen LogP contribution in [-0.4, -0.2) is 78.4 Å². The van der Waals surface area contributed by atoms with E-state index in [0.717, 1.165) is 9.80 Å². The van der Waals surface area contributed by atoms with Gasteiger partial charge in [0.05, 0.1) is 16.7 Å². The van der Waals surface area contributed by atoms with E-state index in [2.05, 4.69) is 9.97 Å². The largest absolute Gasteiger partial charge is 0.492 e. The first-order valence-corrected chi connectivity index (χ1v) is 12.9. The fourth-order valence-corrected chi connectivity index (χ4v) is 4.80. The number of aromatic amines is 1. The molecule has 1 atom stereocenters. The van der Waals surface area contributed by atoms with Crippen LogP contribution >= 0.6 is 0 Å². The van der Waals surface area contributed by atoms with Crippen molar-refractivity contribution in [2.24, 2.45) is 0 Å². The number of alkyl halides is 3. The summed E-state index contributed by atoms with van der Waals surface area (Å²) in [5.41, 5.74) is -1.81. The van der Waals surface area contributed by atoms with Gasteiger partial charge < -0.3 is 24.5 Å². The van der Waals surface area contributed by atoms with Crippen LogP contribution in [0.2, 0.25) is 0 Å². The van der Waals surface area contributed by atoms with Crippen molar-refractivity contribution in [3.05, 3.63) is 83.4 Å². The van der Waals surface area contributed by atoms with E-state index in [0.29, 0.717) is 18.9 Å². The van der Waals surface area contributed by atoms with Gasteiger partial charge in [0.1, 0.15) is 12.4 Å². The smallest absolute Gasteiger partial charge is 0.491 e. The molecule has 0 aliphatic carbocycles. The monoisotopic (exact) mass is 597 g/mol. The van der Waals surface area contributed by atoms with Crippen molar-refractivity contribution < 1.29 is 42.1 Å². The molecular formula is C29H26F3N5O6. The average Bonchev–Trinajstić information content (AvgIpc) is 3.49.